The molecule has 1 aromatic heterocycles. The quantitative estimate of drug-likeness (QED) is 0.788. The predicted octanol–water partition coefficient (Wildman–Crippen LogP) is 3.94. The van der Waals surface area contributed by atoms with Gasteiger partial charge in [0.05, 0.1) is 5.52 Å². The number of hydrogen-bond donors (Lipinski definition) is 1. The third-order valence-electron chi connectivity index (χ3n) is 3.15. The van der Waals surface area contributed by atoms with Crippen LogP contribution in [0.4, 0.5) is 5.82 Å². The van der Waals surface area contributed by atoms with E-state index in [-0.39, 0.29) is 0 Å². The number of anilines is 1. The van der Waals surface area contributed by atoms with E-state index in [4.69, 9.17) is 11.6 Å². The average molecular weight is 284 g/mol. The Labute approximate surface area is 122 Å². The number of benzene rings is 2. The lowest BCUT2D eigenvalue weighted by molar-refractivity contribution is 1.01. The highest BCUT2D eigenvalue weighted by Gasteiger charge is 2.03. The van der Waals surface area contributed by atoms with Crippen molar-refractivity contribution in [2.45, 2.75) is 6.42 Å². The number of nitrogens with one attached hydrogen (secondary N) is 1. The molecule has 0 unspecified atom stereocenters. The summed E-state index contributed by atoms with van der Waals surface area (Å²) in [5.41, 5.74) is 2.16. The molecule has 4 heteroatoms. The summed E-state index contributed by atoms with van der Waals surface area (Å²) in [5.74, 6) is 0.850. The first-order valence-electron chi connectivity index (χ1n) is 6.51. The van der Waals surface area contributed by atoms with E-state index in [1.165, 1.54) is 5.56 Å². The molecule has 0 aliphatic heterocycles. The van der Waals surface area contributed by atoms with E-state index in [1.807, 2.05) is 24.3 Å². The molecule has 1 heterocycles. The molecule has 3 nitrogen and oxygen atoms in total. The molecule has 0 amide bonds. The minimum Gasteiger partial charge on any atom is -0.369 e. The van der Waals surface area contributed by atoms with Gasteiger partial charge in [-0.25, -0.2) is 9.97 Å². The van der Waals surface area contributed by atoms with Crippen LogP contribution < -0.4 is 5.32 Å². The number of aromatic nitrogens is 2. The topological polar surface area (TPSA) is 37.8 Å². The van der Waals surface area contributed by atoms with Crippen LogP contribution in [0.3, 0.4) is 0 Å². The van der Waals surface area contributed by atoms with Gasteiger partial charge in [0.25, 0.3) is 0 Å². The van der Waals surface area contributed by atoms with Gasteiger partial charge < -0.3 is 5.32 Å². The van der Waals surface area contributed by atoms with E-state index in [1.54, 1.807) is 6.33 Å². The maximum Gasteiger partial charge on any atom is 0.137 e. The van der Waals surface area contributed by atoms with Crippen LogP contribution in [0.5, 0.6) is 0 Å². The summed E-state index contributed by atoms with van der Waals surface area (Å²) < 4.78 is 0. The second kappa shape index (κ2) is 5.88. The lowest BCUT2D eigenvalue weighted by Gasteiger charge is -2.08. The van der Waals surface area contributed by atoms with Gasteiger partial charge in [-0.2, -0.15) is 0 Å². The van der Waals surface area contributed by atoms with Crippen molar-refractivity contribution in [2.24, 2.45) is 0 Å². The maximum atomic E-state index is 5.97. The molecule has 0 saturated heterocycles. The van der Waals surface area contributed by atoms with Crippen molar-refractivity contribution in [3.63, 3.8) is 0 Å². The average Bonchev–Trinajstić information content (AvgIpc) is 2.48. The van der Waals surface area contributed by atoms with Crippen LogP contribution in [-0.4, -0.2) is 16.5 Å². The van der Waals surface area contributed by atoms with Crippen molar-refractivity contribution in [1.29, 1.82) is 0 Å². The van der Waals surface area contributed by atoms with E-state index >= 15 is 0 Å². The van der Waals surface area contributed by atoms with Crippen molar-refractivity contribution in [3.05, 3.63) is 65.4 Å². The van der Waals surface area contributed by atoms with Crippen molar-refractivity contribution in [2.75, 3.05) is 11.9 Å². The molecule has 100 valence electrons. The fraction of sp³-hybridized carbons (Fsp3) is 0.125. The normalized spacial score (nSPS) is 10.7. The van der Waals surface area contributed by atoms with Gasteiger partial charge in [0, 0.05) is 17.0 Å². The van der Waals surface area contributed by atoms with Crippen LogP contribution in [0.2, 0.25) is 5.02 Å². The van der Waals surface area contributed by atoms with Crippen LogP contribution in [0.15, 0.2) is 54.9 Å². The van der Waals surface area contributed by atoms with Gasteiger partial charge in [0.2, 0.25) is 0 Å². The number of fused-ring (bicyclic) bond motifs is 1. The molecule has 0 atom stereocenters. The molecule has 0 radical (unpaired) electrons. The molecule has 0 fully saturated rings. The summed E-state index contributed by atoms with van der Waals surface area (Å²) in [6, 6.07) is 16.0. The first-order chi connectivity index (χ1) is 9.83. The minimum absolute atomic E-state index is 0.687. The summed E-state index contributed by atoms with van der Waals surface area (Å²) in [5, 5.41) is 5.04. The smallest absolute Gasteiger partial charge is 0.137 e. The van der Waals surface area contributed by atoms with Gasteiger partial charge in [-0.3, -0.25) is 0 Å². The van der Waals surface area contributed by atoms with Gasteiger partial charge in [-0.05, 0) is 30.2 Å². The standard InChI is InChI=1S/C16H14ClN3/c17-13-6-7-14-15(10-13)19-11-20-16(14)18-9-8-12-4-2-1-3-5-12/h1-7,10-11H,8-9H2,(H,18,19,20). The Morgan fingerprint density at radius 3 is 2.70 bits per heavy atom. The largest absolute Gasteiger partial charge is 0.369 e. The summed E-state index contributed by atoms with van der Waals surface area (Å²) in [6.07, 6.45) is 2.52. The molecule has 0 spiro atoms. The molecule has 1 N–H and O–H groups in total. The zero-order chi connectivity index (χ0) is 13.8. The lowest BCUT2D eigenvalue weighted by Crippen LogP contribution is -2.07. The van der Waals surface area contributed by atoms with Crippen LogP contribution >= 0.6 is 11.6 Å². The zero-order valence-electron chi connectivity index (χ0n) is 10.9. The van der Waals surface area contributed by atoms with Crippen molar-refractivity contribution < 1.29 is 0 Å². The fourth-order valence-corrected chi connectivity index (χ4v) is 2.31. The second-order valence-electron chi connectivity index (χ2n) is 4.55. The van der Waals surface area contributed by atoms with E-state index in [0.717, 1.165) is 29.7 Å². The van der Waals surface area contributed by atoms with Gasteiger partial charge in [-0.15, -0.1) is 0 Å². The molecule has 2 aromatic carbocycles. The Morgan fingerprint density at radius 1 is 1.00 bits per heavy atom. The van der Waals surface area contributed by atoms with Crippen molar-refractivity contribution in [1.82, 2.24) is 9.97 Å². The molecule has 0 bridgehead atoms. The predicted molar refractivity (Wildman–Crippen MR) is 83.2 cm³/mol. The highest BCUT2D eigenvalue weighted by molar-refractivity contribution is 6.31. The molecule has 3 rings (SSSR count). The van der Waals surface area contributed by atoms with Crippen LogP contribution in [-0.2, 0) is 6.42 Å². The highest BCUT2D eigenvalue weighted by atomic mass is 35.5. The molecule has 0 saturated carbocycles. The van der Waals surface area contributed by atoms with E-state index in [2.05, 4.69) is 39.6 Å². The van der Waals surface area contributed by atoms with Gasteiger partial charge >= 0.3 is 0 Å². The minimum atomic E-state index is 0.687. The Balaban J connectivity index is 1.74. The summed E-state index contributed by atoms with van der Waals surface area (Å²) in [6.45, 7) is 0.832. The van der Waals surface area contributed by atoms with E-state index in [0.29, 0.717) is 5.02 Å². The maximum absolute atomic E-state index is 5.97. The van der Waals surface area contributed by atoms with Crippen molar-refractivity contribution in [3.8, 4) is 0 Å². The third kappa shape index (κ3) is 2.89. The molecule has 0 aliphatic rings. The fourth-order valence-electron chi connectivity index (χ4n) is 2.14. The van der Waals surface area contributed by atoms with Crippen molar-refractivity contribution >= 4 is 28.3 Å². The van der Waals surface area contributed by atoms with Crippen LogP contribution in [0.1, 0.15) is 5.56 Å². The molecule has 3 aromatic rings. The highest BCUT2D eigenvalue weighted by Crippen LogP contribution is 2.22. The van der Waals surface area contributed by atoms with Crippen LogP contribution in [0.25, 0.3) is 10.9 Å². The van der Waals surface area contributed by atoms with Gasteiger partial charge in [-0.1, -0.05) is 41.9 Å². The molecular weight excluding hydrogens is 270 g/mol. The number of nitrogens with zero attached hydrogens (tertiary/aromatic N) is 2. The number of rotatable bonds is 4. The Bertz CT molecular complexity index is 713. The first kappa shape index (κ1) is 12.9. The number of halogens is 1. The zero-order valence-corrected chi connectivity index (χ0v) is 11.6. The van der Waals surface area contributed by atoms with E-state index < -0.39 is 0 Å². The summed E-state index contributed by atoms with van der Waals surface area (Å²) in [7, 11) is 0. The summed E-state index contributed by atoms with van der Waals surface area (Å²) in [4.78, 5) is 8.54. The number of hydrogen-bond acceptors (Lipinski definition) is 3. The third-order valence-corrected chi connectivity index (χ3v) is 3.38. The molecule has 20 heavy (non-hydrogen) atoms. The van der Waals surface area contributed by atoms with Gasteiger partial charge in [0.15, 0.2) is 0 Å². The van der Waals surface area contributed by atoms with Gasteiger partial charge in [0.1, 0.15) is 12.1 Å². The van der Waals surface area contributed by atoms with E-state index in [9.17, 15) is 0 Å². The second-order valence-corrected chi connectivity index (χ2v) is 4.98. The molecule has 0 aliphatic carbocycles. The first-order valence-corrected chi connectivity index (χ1v) is 6.89. The Kier molecular flexibility index (Phi) is 3.79. The lowest BCUT2D eigenvalue weighted by atomic mass is 10.1. The van der Waals surface area contributed by atoms with Crippen LogP contribution in [0, 0.1) is 0 Å². The Morgan fingerprint density at radius 2 is 1.85 bits per heavy atom. The SMILES string of the molecule is Clc1ccc2c(NCCc3ccccc3)ncnc2c1. The Hall–Kier alpha value is -2.13. The monoisotopic (exact) mass is 283 g/mol. The molecular formula is C16H14ClN3. The summed E-state index contributed by atoms with van der Waals surface area (Å²) >= 11 is 5.97.